The number of benzene rings is 5. The fourth-order valence-electron chi connectivity index (χ4n) is 4.84. The van der Waals surface area contributed by atoms with Crippen LogP contribution in [0.2, 0.25) is 0 Å². The van der Waals surface area contributed by atoms with Gasteiger partial charge in [0, 0.05) is 16.8 Å². The van der Waals surface area contributed by atoms with E-state index in [0.29, 0.717) is 11.4 Å². The van der Waals surface area contributed by atoms with Gasteiger partial charge in [0.15, 0.2) is 8.07 Å². The van der Waals surface area contributed by atoms with Gasteiger partial charge in [0.05, 0.1) is 0 Å². The van der Waals surface area contributed by atoms with E-state index in [1.54, 1.807) is 0 Å². The van der Waals surface area contributed by atoms with E-state index in [1.165, 1.54) is 15.6 Å². The maximum atomic E-state index is 11.9. The van der Waals surface area contributed by atoms with Crippen LogP contribution in [-0.4, -0.2) is 13.2 Å². The first-order valence-electron chi connectivity index (χ1n) is 11.1. The number of rotatable bonds is 5. The zero-order chi connectivity index (χ0) is 22.7. The molecule has 0 amide bonds. The average Bonchev–Trinajstić information content (AvgIpc) is 2.88. The molecule has 0 fully saturated rings. The Morgan fingerprint density at radius 3 is 1.36 bits per heavy atom. The normalized spacial score (nSPS) is 11.3. The van der Waals surface area contributed by atoms with Gasteiger partial charge in [0.1, 0.15) is 5.75 Å². The van der Waals surface area contributed by atoms with Crippen LogP contribution in [0.5, 0.6) is 5.75 Å². The molecule has 0 spiro atoms. The molecule has 5 rings (SSSR count). The monoisotopic (exact) mass is 443 g/mol. The third-order valence-corrected chi connectivity index (χ3v) is 11.1. The van der Waals surface area contributed by atoms with E-state index >= 15 is 0 Å². The number of hydrogen-bond donors (Lipinski definition) is 2. The number of para-hydroxylation sites is 2. The molecule has 2 nitrogen and oxygen atoms in total. The first-order chi connectivity index (χ1) is 16.2. The smallest absolute Gasteiger partial charge is 0.183 e. The second-order valence-corrected chi connectivity index (χ2v) is 11.9. The Morgan fingerprint density at radius 1 is 0.455 bits per heavy atom. The number of nitrogen functional groups attached to an aromatic ring is 1. The molecule has 0 aliphatic carbocycles. The highest BCUT2D eigenvalue weighted by atomic mass is 28.3. The van der Waals surface area contributed by atoms with Gasteiger partial charge in [-0.15, -0.1) is 0 Å². The van der Waals surface area contributed by atoms with Crippen LogP contribution in [0, 0.1) is 0 Å². The summed E-state index contributed by atoms with van der Waals surface area (Å²) in [5.41, 5.74) is 8.56. The van der Waals surface area contributed by atoms with Crippen molar-refractivity contribution in [3.05, 3.63) is 133 Å². The molecule has 0 aliphatic rings. The van der Waals surface area contributed by atoms with Crippen molar-refractivity contribution in [2.45, 2.75) is 0 Å². The van der Waals surface area contributed by atoms with E-state index in [1.807, 2.05) is 54.6 Å². The van der Waals surface area contributed by atoms with Gasteiger partial charge in [-0.1, -0.05) is 127 Å². The highest BCUT2D eigenvalue weighted by Gasteiger charge is 2.43. The molecular weight excluding hydrogens is 418 g/mol. The van der Waals surface area contributed by atoms with Crippen molar-refractivity contribution < 1.29 is 5.11 Å². The predicted octanol–water partition coefficient (Wildman–Crippen LogP) is 4.02. The topological polar surface area (TPSA) is 46.2 Å². The first kappa shape index (κ1) is 20.8. The van der Waals surface area contributed by atoms with Gasteiger partial charge in [-0.25, -0.2) is 0 Å². The van der Waals surface area contributed by atoms with Gasteiger partial charge in [-0.3, -0.25) is 0 Å². The van der Waals surface area contributed by atoms with Crippen LogP contribution in [-0.2, 0) is 0 Å². The van der Waals surface area contributed by atoms with E-state index < -0.39 is 8.07 Å². The molecule has 0 aliphatic heterocycles. The van der Waals surface area contributed by atoms with Crippen molar-refractivity contribution >= 4 is 34.5 Å². The number of aromatic hydroxyl groups is 1. The van der Waals surface area contributed by atoms with Crippen LogP contribution in [0.1, 0.15) is 0 Å². The van der Waals surface area contributed by atoms with Crippen molar-refractivity contribution in [1.82, 2.24) is 0 Å². The molecule has 5 aromatic carbocycles. The molecular formula is C30H25NOSi. The van der Waals surface area contributed by atoms with Crippen LogP contribution >= 0.6 is 0 Å². The zero-order valence-corrected chi connectivity index (χ0v) is 19.2. The zero-order valence-electron chi connectivity index (χ0n) is 18.2. The molecule has 5 aromatic rings. The van der Waals surface area contributed by atoms with E-state index in [0.717, 1.165) is 16.3 Å². The minimum absolute atomic E-state index is 0.290. The Morgan fingerprint density at radius 2 is 0.879 bits per heavy atom. The van der Waals surface area contributed by atoms with Gasteiger partial charge >= 0.3 is 0 Å². The molecule has 0 atom stereocenters. The molecule has 33 heavy (non-hydrogen) atoms. The van der Waals surface area contributed by atoms with Crippen LogP contribution < -0.4 is 26.5 Å². The molecule has 0 unspecified atom stereocenters. The molecule has 0 saturated carbocycles. The number of nitrogens with two attached hydrogens (primary N) is 1. The summed E-state index contributed by atoms with van der Waals surface area (Å²) < 4.78 is 0. The fourth-order valence-corrected chi connectivity index (χ4v) is 9.68. The summed E-state index contributed by atoms with van der Waals surface area (Å²) in [6.07, 6.45) is 0. The molecule has 0 radical (unpaired) electrons. The fraction of sp³-hybridized carbons (Fsp3) is 0. The van der Waals surface area contributed by atoms with Crippen molar-refractivity contribution in [2.75, 3.05) is 5.73 Å². The Hall–Kier alpha value is -4.08. The summed E-state index contributed by atoms with van der Waals surface area (Å²) in [5, 5.41) is 16.5. The summed E-state index contributed by atoms with van der Waals surface area (Å²) in [6.45, 7) is 0. The van der Waals surface area contributed by atoms with Gasteiger partial charge in [-0.05, 0) is 26.8 Å². The summed E-state index contributed by atoms with van der Waals surface area (Å²) in [7, 11) is -2.82. The van der Waals surface area contributed by atoms with Crippen LogP contribution in [0.4, 0.5) is 5.69 Å². The lowest BCUT2D eigenvalue weighted by Crippen LogP contribution is -2.74. The maximum Gasteiger partial charge on any atom is 0.183 e. The van der Waals surface area contributed by atoms with Gasteiger partial charge in [-0.2, -0.15) is 0 Å². The molecule has 3 heteroatoms. The van der Waals surface area contributed by atoms with Gasteiger partial charge in [0.2, 0.25) is 0 Å². The lowest BCUT2D eigenvalue weighted by atomic mass is 10.0. The summed E-state index contributed by atoms with van der Waals surface area (Å²) >= 11 is 0. The molecule has 0 heterocycles. The number of hydrogen-bond acceptors (Lipinski definition) is 2. The van der Waals surface area contributed by atoms with Crippen LogP contribution in [0.3, 0.4) is 0 Å². The van der Waals surface area contributed by atoms with Crippen molar-refractivity contribution in [3.63, 3.8) is 0 Å². The average molecular weight is 444 g/mol. The second-order valence-electron chi connectivity index (χ2n) is 8.14. The quantitative estimate of drug-likeness (QED) is 0.245. The van der Waals surface area contributed by atoms with Crippen molar-refractivity contribution in [2.24, 2.45) is 0 Å². The minimum atomic E-state index is -2.82. The molecule has 3 N–H and O–H groups in total. The Bertz CT molecular complexity index is 1270. The summed E-state index contributed by atoms with van der Waals surface area (Å²) in [6, 6.07) is 45.5. The lowest BCUT2D eigenvalue weighted by Gasteiger charge is -2.35. The summed E-state index contributed by atoms with van der Waals surface area (Å²) in [5.74, 6) is 0.290. The Labute approximate surface area is 195 Å². The first-order valence-corrected chi connectivity index (χ1v) is 13.1. The SMILES string of the molecule is Nc1ccccc1-c1cccc([Si](c2ccccc2)(c2ccccc2)c2ccccc2)c1O. The molecule has 0 saturated heterocycles. The minimum Gasteiger partial charge on any atom is -0.507 e. The number of phenols is 1. The van der Waals surface area contributed by atoms with E-state index in [9.17, 15) is 5.11 Å². The van der Waals surface area contributed by atoms with E-state index in [2.05, 4.69) is 78.9 Å². The Kier molecular flexibility index (Phi) is 5.55. The predicted molar refractivity (Wildman–Crippen MR) is 142 cm³/mol. The number of phenolic OH excluding ortho intramolecular Hbond substituents is 1. The van der Waals surface area contributed by atoms with Gasteiger partial charge in [0.25, 0.3) is 0 Å². The van der Waals surface area contributed by atoms with Crippen LogP contribution in [0.15, 0.2) is 133 Å². The second kappa shape index (κ2) is 8.81. The highest BCUT2D eigenvalue weighted by Crippen LogP contribution is 2.33. The maximum absolute atomic E-state index is 11.9. The van der Waals surface area contributed by atoms with Crippen molar-refractivity contribution in [1.29, 1.82) is 0 Å². The van der Waals surface area contributed by atoms with E-state index in [4.69, 9.17) is 5.73 Å². The molecule has 0 bridgehead atoms. The largest absolute Gasteiger partial charge is 0.507 e. The third kappa shape index (κ3) is 3.53. The highest BCUT2D eigenvalue weighted by molar-refractivity contribution is 7.20. The third-order valence-electron chi connectivity index (χ3n) is 6.31. The molecule has 0 aromatic heterocycles. The molecule has 160 valence electrons. The van der Waals surface area contributed by atoms with Crippen LogP contribution in [0.25, 0.3) is 11.1 Å². The lowest BCUT2D eigenvalue weighted by molar-refractivity contribution is 0.481. The summed E-state index contributed by atoms with van der Waals surface area (Å²) in [4.78, 5) is 0. The van der Waals surface area contributed by atoms with E-state index in [-0.39, 0.29) is 0 Å². The van der Waals surface area contributed by atoms with Gasteiger partial charge < -0.3 is 10.8 Å². The Balaban J connectivity index is 1.91. The van der Waals surface area contributed by atoms with Crippen molar-refractivity contribution in [3.8, 4) is 16.9 Å². The standard InChI is InChI=1S/C30H25NOSi/c31-28-21-11-10-19-26(28)27-20-12-22-29(30(27)32)33(23-13-4-1-5-14-23,24-15-6-2-7-16-24)25-17-8-3-9-18-25/h1-22,32H,31H2. The number of anilines is 1.